The number of benzene rings is 1. The highest BCUT2D eigenvalue weighted by Gasteiger charge is 2.24. The molecule has 2 N–H and O–H groups in total. The smallest absolute Gasteiger partial charge is 0.191 e. The van der Waals surface area contributed by atoms with E-state index in [-0.39, 0.29) is 29.8 Å². The number of piperidine rings is 1. The Hall–Kier alpha value is -0.580. The molecule has 5 nitrogen and oxygen atoms in total. The number of rotatable bonds is 7. The lowest BCUT2D eigenvalue weighted by Gasteiger charge is -2.34. The molecule has 8 heteroatoms. The lowest BCUT2D eigenvalue weighted by atomic mass is 10.0. The summed E-state index contributed by atoms with van der Waals surface area (Å²) in [7, 11) is 1.82. The van der Waals surface area contributed by atoms with Crippen molar-refractivity contribution >= 4 is 41.7 Å². The van der Waals surface area contributed by atoms with Crippen LogP contribution in [0.3, 0.4) is 0 Å². The van der Waals surface area contributed by atoms with E-state index in [4.69, 9.17) is 4.74 Å². The number of nitrogens with zero attached hydrogens (tertiary/aromatic N) is 2. The summed E-state index contributed by atoms with van der Waals surface area (Å²) in [6.45, 7) is 6.16. The van der Waals surface area contributed by atoms with Crippen molar-refractivity contribution in [3.63, 3.8) is 0 Å². The maximum absolute atomic E-state index is 12.9. The Labute approximate surface area is 189 Å². The summed E-state index contributed by atoms with van der Waals surface area (Å²) in [4.78, 5) is 8.01. The highest BCUT2D eigenvalue weighted by atomic mass is 127. The first-order valence-corrected chi connectivity index (χ1v) is 10.9. The fourth-order valence-electron chi connectivity index (χ4n) is 3.61. The SMILES string of the molecule is CN=C(NCCSc1ccc(F)cc1)NC1CCN(CC2CCOC2)CC1.I. The summed E-state index contributed by atoms with van der Waals surface area (Å²) in [5, 5.41) is 6.94. The van der Waals surface area contributed by atoms with Gasteiger partial charge in [0.15, 0.2) is 5.96 Å². The molecule has 158 valence electrons. The Morgan fingerprint density at radius 2 is 2.00 bits per heavy atom. The van der Waals surface area contributed by atoms with Crippen LogP contribution in [-0.4, -0.2) is 69.1 Å². The topological polar surface area (TPSA) is 48.9 Å². The second-order valence-corrected chi connectivity index (χ2v) is 8.42. The fourth-order valence-corrected chi connectivity index (χ4v) is 4.38. The minimum Gasteiger partial charge on any atom is -0.381 e. The average molecular weight is 522 g/mol. The van der Waals surface area contributed by atoms with Crippen LogP contribution in [0.5, 0.6) is 0 Å². The van der Waals surface area contributed by atoms with Gasteiger partial charge in [-0.2, -0.15) is 0 Å². The van der Waals surface area contributed by atoms with Crippen molar-refractivity contribution in [2.45, 2.75) is 30.2 Å². The van der Waals surface area contributed by atoms with E-state index in [9.17, 15) is 4.39 Å². The van der Waals surface area contributed by atoms with Gasteiger partial charge in [0, 0.05) is 56.5 Å². The van der Waals surface area contributed by atoms with Gasteiger partial charge in [-0.15, -0.1) is 35.7 Å². The van der Waals surface area contributed by atoms with Crippen molar-refractivity contribution in [2.75, 3.05) is 52.2 Å². The fraction of sp³-hybridized carbons (Fsp3) is 0.650. The average Bonchev–Trinajstić information content (AvgIpc) is 3.20. The summed E-state index contributed by atoms with van der Waals surface area (Å²) < 4.78 is 18.4. The number of hydrogen-bond donors (Lipinski definition) is 2. The second kappa shape index (κ2) is 12.9. The molecule has 0 aliphatic carbocycles. The molecule has 2 aliphatic heterocycles. The van der Waals surface area contributed by atoms with E-state index in [1.807, 2.05) is 19.2 Å². The number of thioether (sulfide) groups is 1. The number of ether oxygens (including phenoxy) is 1. The Morgan fingerprint density at radius 1 is 1.25 bits per heavy atom. The van der Waals surface area contributed by atoms with Gasteiger partial charge < -0.3 is 20.3 Å². The van der Waals surface area contributed by atoms with E-state index < -0.39 is 0 Å². The van der Waals surface area contributed by atoms with Crippen molar-refractivity contribution in [2.24, 2.45) is 10.9 Å². The molecular weight excluding hydrogens is 490 g/mol. The molecule has 0 radical (unpaired) electrons. The molecule has 0 amide bonds. The molecule has 1 atom stereocenters. The first-order valence-electron chi connectivity index (χ1n) is 9.88. The molecule has 0 aromatic heterocycles. The van der Waals surface area contributed by atoms with E-state index in [1.54, 1.807) is 11.8 Å². The maximum Gasteiger partial charge on any atom is 0.191 e. The van der Waals surface area contributed by atoms with Crippen LogP contribution in [0.25, 0.3) is 0 Å². The molecule has 3 rings (SSSR count). The second-order valence-electron chi connectivity index (χ2n) is 7.25. The van der Waals surface area contributed by atoms with Crippen LogP contribution >= 0.6 is 35.7 Å². The highest BCUT2D eigenvalue weighted by Crippen LogP contribution is 2.18. The Morgan fingerprint density at radius 3 is 2.64 bits per heavy atom. The molecule has 0 saturated carbocycles. The third kappa shape index (κ3) is 8.04. The van der Waals surface area contributed by atoms with E-state index >= 15 is 0 Å². The van der Waals surface area contributed by atoms with E-state index in [1.165, 1.54) is 25.1 Å². The summed E-state index contributed by atoms with van der Waals surface area (Å²) >= 11 is 1.71. The van der Waals surface area contributed by atoms with Crippen molar-refractivity contribution in [3.05, 3.63) is 30.1 Å². The highest BCUT2D eigenvalue weighted by molar-refractivity contribution is 14.0. The lowest BCUT2D eigenvalue weighted by Crippen LogP contribution is -2.49. The van der Waals surface area contributed by atoms with Gasteiger partial charge in [0.1, 0.15) is 5.82 Å². The summed E-state index contributed by atoms with van der Waals surface area (Å²) in [6, 6.07) is 7.12. The third-order valence-electron chi connectivity index (χ3n) is 5.17. The number of guanidine groups is 1. The number of likely N-dealkylation sites (tertiary alicyclic amines) is 1. The van der Waals surface area contributed by atoms with Crippen LogP contribution in [0.2, 0.25) is 0 Å². The van der Waals surface area contributed by atoms with Crippen molar-refractivity contribution in [3.8, 4) is 0 Å². The minimum atomic E-state index is -0.190. The van der Waals surface area contributed by atoms with Gasteiger partial charge >= 0.3 is 0 Å². The number of aliphatic imine (C=N–C) groups is 1. The Kier molecular flexibility index (Phi) is 10.9. The van der Waals surface area contributed by atoms with E-state index in [0.29, 0.717) is 6.04 Å². The molecule has 0 spiro atoms. The number of nitrogens with one attached hydrogen (secondary N) is 2. The van der Waals surface area contributed by atoms with Crippen LogP contribution in [0.4, 0.5) is 4.39 Å². The standard InChI is InChI=1S/C20H31FN4OS.HI/c1-22-20(23-9-13-27-19-4-2-17(21)3-5-19)24-18-6-10-25(11-7-18)14-16-8-12-26-15-16;/h2-5,16,18H,6-15H2,1H3,(H2,22,23,24);1H. The normalized spacial score (nSPS) is 21.4. The monoisotopic (exact) mass is 522 g/mol. The zero-order chi connectivity index (χ0) is 18.9. The summed E-state index contributed by atoms with van der Waals surface area (Å²) in [5.74, 6) is 2.32. The molecule has 1 aromatic rings. The maximum atomic E-state index is 12.9. The molecule has 28 heavy (non-hydrogen) atoms. The van der Waals surface area contributed by atoms with Crippen molar-refractivity contribution < 1.29 is 9.13 Å². The van der Waals surface area contributed by atoms with Gasteiger partial charge in [0.05, 0.1) is 6.61 Å². The molecule has 0 bridgehead atoms. The largest absolute Gasteiger partial charge is 0.381 e. The predicted molar refractivity (Wildman–Crippen MR) is 125 cm³/mol. The van der Waals surface area contributed by atoms with Crippen molar-refractivity contribution in [1.82, 2.24) is 15.5 Å². The zero-order valence-corrected chi connectivity index (χ0v) is 19.7. The molecule has 1 aromatic carbocycles. The molecule has 2 fully saturated rings. The van der Waals surface area contributed by atoms with Crippen molar-refractivity contribution in [1.29, 1.82) is 0 Å². The number of halogens is 2. The number of hydrogen-bond acceptors (Lipinski definition) is 4. The van der Waals surface area contributed by atoms with Gasteiger partial charge in [-0.1, -0.05) is 0 Å². The van der Waals surface area contributed by atoms with Gasteiger partial charge in [0.2, 0.25) is 0 Å². The van der Waals surface area contributed by atoms with Gasteiger partial charge in [0.25, 0.3) is 0 Å². The summed E-state index contributed by atoms with van der Waals surface area (Å²) in [5.41, 5.74) is 0. The quantitative estimate of drug-likeness (QED) is 0.190. The molecule has 2 heterocycles. The summed E-state index contributed by atoms with van der Waals surface area (Å²) in [6.07, 6.45) is 3.52. The molecule has 2 saturated heterocycles. The van der Waals surface area contributed by atoms with Crippen LogP contribution < -0.4 is 10.6 Å². The molecular formula is C20H32FIN4OS. The minimum absolute atomic E-state index is 0. The van der Waals surface area contributed by atoms with Crippen LogP contribution in [0, 0.1) is 11.7 Å². The van der Waals surface area contributed by atoms with Crippen LogP contribution in [0.15, 0.2) is 34.2 Å². The molecule has 1 unspecified atom stereocenters. The lowest BCUT2D eigenvalue weighted by molar-refractivity contribution is 0.150. The van der Waals surface area contributed by atoms with Gasteiger partial charge in [-0.25, -0.2) is 4.39 Å². The Bertz CT molecular complexity index is 590. The first kappa shape index (κ1) is 23.7. The molecule has 2 aliphatic rings. The third-order valence-corrected chi connectivity index (χ3v) is 6.18. The predicted octanol–water partition coefficient (Wildman–Crippen LogP) is 3.20. The first-order chi connectivity index (χ1) is 13.2. The zero-order valence-electron chi connectivity index (χ0n) is 16.5. The van der Waals surface area contributed by atoms with Crippen LogP contribution in [-0.2, 0) is 4.74 Å². The van der Waals surface area contributed by atoms with Gasteiger partial charge in [-0.3, -0.25) is 4.99 Å². The Balaban J connectivity index is 0.00000280. The van der Waals surface area contributed by atoms with Gasteiger partial charge in [-0.05, 0) is 49.4 Å². The van der Waals surface area contributed by atoms with Crippen LogP contribution in [0.1, 0.15) is 19.3 Å². The van der Waals surface area contributed by atoms with E-state index in [2.05, 4.69) is 20.5 Å². The van der Waals surface area contributed by atoms with E-state index in [0.717, 1.165) is 68.2 Å².